The van der Waals surface area contributed by atoms with Crippen LogP contribution in [0.3, 0.4) is 0 Å². The minimum atomic E-state index is -0.352. The summed E-state index contributed by atoms with van der Waals surface area (Å²) >= 11 is 3.36. The normalized spacial score (nSPS) is 11.6. The smallest absolute Gasteiger partial charge is 0.223 e. The van der Waals surface area contributed by atoms with Crippen molar-refractivity contribution in [3.8, 4) is 11.4 Å². The maximum atomic E-state index is 13.3. The van der Waals surface area contributed by atoms with Crippen molar-refractivity contribution in [2.75, 3.05) is 5.73 Å². The predicted octanol–water partition coefficient (Wildman–Crippen LogP) is 3.32. The van der Waals surface area contributed by atoms with Crippen molar-refractivity contribution in [3.05, 3.63) is 34.3 Å². The summed E-state index contributed by atoms with van der Waals surface area (Å²) < 4.78 is 14.1. The van der Waals surface area contributed by atoms with Gasteiger partial charge in [-0.1, -0.05) is 36.7 Å². The molecule has 0 unspecified atom stereocenters. The Morgan fingerprint density at radius 2 is 1.84 bits per heavy atom. The van der Waals surface area contributed by atoms with Crippen LogP contribution in [0.1, 0.15) is 26.6 Å². The van der Waals surface area contributed by atoms with Crippen LogP contribution in [0, 0.1) is 5.82 Å². The highest BCUT2D eigenvalue weighted by atomic mass is 79.9. The number of aromatic nitrogens is 3. The number of rotatable bonds is 1. The highest BCUT2D eigenvalue weighted by Crippen LogP contribution is 2.28. The van der Waals surface area contributed by atoms with Gasteiger partial charge in [0.1, 0.15) is 11.6 Å². The van der Waals surface area contributed by atoms with E-state index in [1.165, 1.54) is 12.1 Å². The van der Waals surface area contributed by atoms with Crippen LogP contribution in [-0.2, 0) is 5.41 Å². The van der Waals surface area contributed by atoms with Gasteiger partial charge in [-0.2, -0.15) is 9.97 Å². The first-order valence-electron chi connectivity index (χ1n) is 5.75. The van der Waals surface area contributed by atoms with Crippen molar-refractivity contribution >= 4 is 21.9 Å². The van der Waals surface area contributed by atoms with Gasteiger partial charge < -0.3 is 5.73 Å². The SMILES string of the molecule is CC(C)(C)c1nc(N)nc(-c2cc(F)ccc2Br)n1. The molecule has 0 atom stereocenters. The summed E-state index contributed by atoms with van der Waals surface area (Å²) in [6.07, 6.45) is 0. The Labute approximate surface area is 119 Å². The maximum absolute atomic E-state index is 13.3. The lowest BCUT2D eigenvalue weighted by atomic mass is 9.96. The van der Waals surface area contributed by atoms with Gasteiger partial charge in [0.05, 0.1) is 0 Å². The number of hydrogen-bond acceptors (Lipinski definition) is 4. The van der Waals surface area contributed by atoms with Crippen molar-refractivity contribution in [1.29, 1.82) is 0 Å². The Morgan fingerprint density at radius 3 is 2.47 bits per heavy atom. The highest BCUT2D eigenvalue weighted by molar-refractivity contribution is 9.10. The molecule has 1 aromatic carbocycles. The molecule has 19 heavy (non-hydrogen) atoms. The van der Waals surface area contributed by atoms with Gasteiger partial charge in [0.25, 0.3) is 0 Å². The third-order valence-electron chi connectivity index (χ3n) is 2.49. The first kappa shape index (κ1) is 13.9. The molecular formula is C13H14BrFN4. The van der Waals surface area contributed by atoms with E-state index in [9.17, 15) is 4.39 Å². The van der Waals surface area contributed by atoms with E-state index in [0.29, 0.717) is 21.7 Å². The fourth-order valence-corrected chi connectivity index (χ4v) is 1.94. The van der Waals surface area contributed by atoms with Gasteiger partial charge in [-0.25, -0.2) is 9.37 Å². The summed E-state index contributed by atoms with van der Waals surface area (Å²) in [4.78, 5) is 12.6. The molecule has 1 aromatic heterocycles. The van der Waals surface area contributed by atoms with E-state index in [1.54, 1.807) is 6.07 Å². The molecular weight excluding hydrogens is 311 g/mol. The number of benzene rings is 1. The fourth-order valence-electron chi connectivity index (χ4n) is 1.52. The number of nitrogens with zero attached hydrogens (tertiary/aromatic N) is 3. The Balaban J connectivity index is 2.63. The van der Waals surface area contributed by atoms with Crippen LogP contribution in [-0.4, -0.2) is 15.0 Å². The van der Waals surface area contributed by atoms with Gasteiger partial charge >= 0.3 is 0 Å². The molecule has 0 bridgehead atoms. The zero-order chi connectivity index (χ0) is 14.2. The molecule has 4 nitrogen and oxygen atoms in total. The molecule has 0 saturated carbocycles. The molecule has 0 aliphatic heterocycles. The number of nitrogens with two attached hydrogens (primary N) is 1. The van der Waals surface area contributed by atoms with Gasteiger partial charge in [0, 0.05) is 15.5 Å². The summed E-state index contributed by atoms with van der Waals surface area (Å²) in [7, 11) is 0. The van der Waals surface area contributed by atoms with Gasteiger partial charge in [-0.3, -0.25) is 0 Å². The van der Waals surface area contributed by atoms with Crippen molar-refractivity contribution < 1.29 is 4.39 Å². The third-order valence-corrected chi connectivity index (χ3v) is 3.18. The summed E-state index contributed by atoms with van der Waals surface area (Å²) in [5, 5.41) is 0. The van der Waals surface area contributed by atoms with Gasteiger partial charge in [-0.05, 0) is 18.2 Å². The summed E-state index contributed by atoms with van der Waals surface area (Å²) in [6, 6.07) is 4.34. The van der Waals surface area contributed by atoms with Gasteiger partial charge in [0.15, 0.2) is 5.82 Å². The second kappa shape index (κ2) is 4.85. The van der Waals surface area contributed by atoms with Crippen molar-refractivity contribution in [3.63, 3.8) is 0 Å². The first-order valence-corrected chi connectivity index (χ1v) is 6.54. The molecule has 0 fully saturated rings. The highest BCUT2D eigenvalue weighted by Gasteiger charge is 2.20. The van der Waals surface area contributed by atoms with Crippen molar-refractivity contribution in [2.24, 2.45) is 0 Å². The van der Waals surface area contributed by atoms with Crippen LogP contribution in [0.25, 0.3) is 11.4 Å². The van der Waals surface area contributed by atoms with E-state index in [1.807, 2.05) is 20.8 Å². The summed E-state index contributed by atoms with van der Waals surface area (Å²) in [5.74, 6) is 0.718. The largest absolute Gasteiger partial charge is 0.368 e. The van der Waals surface area contributed by atoms with Crippen LogP contribution < -0.4 is 5.73 Å². The molecule has 0 aliphatic carbocycles. The van der Waals surface area contributed by atoms with E-state index >= 15 is 0 Å². The lowest BCUT2D eigenvalue weighted by Crippen LogP contribution is -2.18. The second-order valence-corrected chi connectivity index (χ2v) is 6.07. The van der Waals surface area contributed by atoms with Crippen LogP contribution in [0.15, 0.2) is 22.7 Å². The van der Waals surface area contributed by atoms with E-state index in [-0.39, 0.29) is 17.2 Å². The Morgan fingerprint density at radius 1 is 1.16 bits per heavy atom. The fraction of sp³-hybridized carbons (Fsp3) is 0.308. The molecule has 6 heteroatoms. The molecule has 100 valence electrons. The molecule has 2 rings (SSSR count). The Bertz CT molecular complexity index is 623. The van der Waals surface area contributed by atoms with Crippen LogP contribution in [0.2, 0.25) is 0 Å². The molecule has 2 aromatic rings. The second-order valence-electron chi connectivity index (χ2n) is 5.21. The molecule has 2 N–H and O–H groups in total. The Kier molecular flexibility index (Phi) is 3.54. The number of anilines is 1. The van der Waals surface area contributed by atoms with Crippen molar-refractivity contribution in [2.45, 2.75) is 26.2 Å². The molecule has 0 amide bonds. The van der Waals surface area contributed by atoms with Crippen molar-refractivity contribution in [1.82, 2.24) is 15.0 Å². The van der Waals surface area contributed by atoms with Gasteiger partial charge in [0.2, 0.25) is 5.95 Å². The molecule has 0 saturated heterocycles. The lowest BCUT2D eigenvalue weighted by Gasteiger charge is -2.17. The number of halogens is 2. The van der Waals surface area contributed by atoms with E-state index in [0.717, 1.165) is 0 Å². The quantitative estimate of drug-likeness (QED) is 0.873. The van der Waals surface area contributed by atoms with Gasteiger partial charge in [-0.15, -0.1) is 0 Å². The van der Waals surface area contributed by atoms with E-state index in [2.05, 4.69) is 30.9 Å². The summed E-state index contributed by atoms with van der Waals surface area (Å²) in [5.41, 5.74) is 6.01. The van der Waals surface area contributed by atoms with Crippen LogP contribution >= 0.6 is 15.9 Å². The average molecular weight is 325 g/mol. The number of nitrogen functional groups attached to an aromatic ring is 1. The first-order chi connectivity index (χ1) is 8.77. The minimum Gasteiger partial charge on any atom is -0.368 e. The molecule has 1 heterocycles. The minimum absolute atomic E-state index is 0.131. The monoisotopic (exact) mass is 324 g/mol. The predicted molar refractivity (Wildman–Crippen MR) is 76.0 cm³/mol. The lowest BCUT2D eigenvalue weighted by molar-refractivity contribution is 0.544. The summed E-state index contributed by atoms with van der Waals surface area (Å²) in [6.45, 7) is 5.94. The average Bonchev–Trinajstić information content (AvgIpc) is 2.30. The topological polar surface area (TPSA) is 64.7 Å². The standard InChI is InChI=1S/C13H14BrFN4/c1-13(2,3)11-17-10(18-12(16)19-11)8-6-7(15)4-5-9(8)14/h4-6H,1-3H3,(H2,16,17,18,19). The Hall–Kier alpha value is -1.56. The third kappa shape index (κ3) is 3.07. The van der Waals surface area contributed by atoms with E-state index in [4.69, 9.17) is 5.73 Å². The molecule has 0 radical (unpaired) electrons. The number of hydrogen-bond donors (Lipinski definition) is 1. The van der Waals surface area contributed by atoms with Crippen LogP contribution in [0.5, 0.6) is 0 Å². The molecule has 0 spiro atoms. The van der Waals surface area contributed by atoms with E-state index < -0.39 is 0 Å². The molecule has 0 aliphatic rings. The zero-order valence-electron chi connectivity index (χ0n) is 10.9. The zero-order valence-corrected chi connectivity index (χ0v) is 12.5. The maximum Gasteiger partial charge on any atom is 0.223 e. The van der Waals surface area contributed by atoms with Crippen LogP contribution in [0.4, 0.5) is 10.3 Å².